The van der Waals surface area contributed by atoms with E-state index < -0.39 is 10.0 Å². The van der Waals surface area contributed by atoms with Gasteiger partial charge in [0.15, 0.2) is 0 Å². The van der Waals surface area contributed by atoms with Crippen molar-refractivity contribution >= 4 is 10.0 Å². The topological polar surface area (TPSA) is 67.4 Å². The summed E-state index contributed by atoms with van der Waals surface area (Å²) < 4.78 is 31.5. The summed E-state index contributed by atoms with van der Waals surface area (Å²) in [6, 6.07) is 6.55. The molecule has 17 heavy (non-hydrogen) atoms. The van der Waals surface area contributed by atoms with Crippen molar-refractivity contribution in [2.45, 2.75) is 11.8 Å². The van der Waals surface area contributed by atoms with E-state index in [-0.39, 0.29) is 4.90 Å². The van der Waals surface area contributed by atoms with Crippen molar-refractivity contribution in [1.29, 1.82) is 0 Å². The summed E-state index contributed by atoms with van der Waals surface area (Å²) in [6.45, 7) is 3.74. The monoisotopic (exact) mass is 258 g/mol. The Kier molecular flexibility index (Phi) is 5.40. The lowest BCUT2D eigenvalue weighted by Gasteiger charge is -2.10. The van der Waals surface area contributed by atoms with Crippen molar-refractivity contribution in [3.8, 4) is 5.75 Å². The number of hydrogen-bond donors (Lipinski definition) is 2. The number of para-hydroxylation sites is 1. The van der Waals surface area contributed by atoms with E-state index in [1.807, 2.05) is 6.92 Å². The Hall–Kier alpha value is -1.11. The fourth-order valence-corrected chi connectivity index (χ4v) is 2.57. The van der Waals surface area contributed by atoms with Crippen molar-refractivity contribution in [3.63, 3.8) is 0 Å². The summed E-state index contributed by atoms with van der Waals surface area (Å²) in [7, 11) is -2.05. The minimum atomic E-state index is -3.50. The molecule has 0 spiro atoms. The minimum absolute atomic E-state index is 0.166. The second-order valence-corrected chi connectivity index (χ2v) is 5.14. The van der Waals surface area contributed by atoms with Gasteiger partial charge in [0.05, 0.1) is 7.11 Å². The van der Waals surface area contributed by atoms with E-state index in [1.165, 1.54) is 13.2 Å². The number of nitrogens with one attached hydrogen (secondary N) is 2. The van der Waals surface area contributed by atoms with Crippen LogP contribution in [0.5, 0.6) is 5.75 Å². The number of methoxy groups -OCH3 is 1. The molecule has 2 N–H and O–H groups in total. The molecule has 6 heteroatoms. The summed E-state index contributed by atoms with van der Waals surface area (Å²) in [5.74, 6) is 0.350. The standard InChI is InChI=1S/C11H18N2O3S/c1-3-12-8-9-13-17(14,15)11-7-5-4-6-10(11)16-2/h4-7,12-13H,3,8-9H2,1-2H3. The second-order valence-electron chi connectivity index (χ2n) is 3.40. The van der Waals surface area contributed by atoms with E-state index in [2.05, 4.69) is 10.0 Å². The molecular formula is C11H18N2O3S. The van der Waals surface area contributed by atoms with Gasteiger partial charge in [-0.25, -0.2) is 13.1 Å². The third kappa shape index (κ3) is 3.99. The van der Waals surface area contributed by atoms with Crippen LogP contribution in [0.4, 0.5) is 0 Å². The van der Waals surface area contributed by atoms with Gasteiger partial charge in [-0.15, -0.1) is 0 Å². The normalized spacial score (nSPS) is 11.4. The molecule has 0 fully saturated rings. The number of likely N-dealkylation sites (N-methyl/N-ethyl adjacent to an activating group) is 1. The Balaban J connectivity index is 2.75. The molecule has 0 saturated carbocycles. The van der Waals surface area contributed by atoms with Crippen molar-refractivity contribution in [1.82, 2.24) is 10.0 Å². The quantitative estimate of drug-likeness (QED) is 0.702. The molecule has 0 amide bonds. The molecule has 5 nitrogen and oxygen atoms in total. The van der Waals surface area contributed by atoms with Crippen LogP contribution in [0.3, 0.4) is 0 Å². The lowest BCUT2D eigenvalue weighted by Crippen LogP contribution is -2.31. The molecule has 0 aliphatic rings. The Morgan fingerprint density at radius 2 is 1.94 bits per heavy atom. The van der Waals surface area contributed by atoms with Crippen molar-refractivity contribution in [2.24, 2.45) is 0 Å². The summed E-state index contributed by atoms with van der Waals surface area (Å²) in [5.41, 5.74) is 0. The average molecular weight is 258 g/mol. The number of rotatable bonds is 7. The Morgan fingerprint density at radius 3 is 2.59 bits per heavy atom. The van der Waals surface area contributed by atoms with Crippen LogP contribution in [0.15, 0.2) is 29.2 Å². The van der Waals surface area contributed by atoms with E-state index in [4.69, 9.17) is 4.74 Å². The maximum Gasteiger partial charge on any atom is 0.244 e. The van der Waals surface area contributed by atoms with Crippen LogP contribution < -0.4 is 14.8 Å². The van der Waals surface area contributed by atoms with Gasteiger partial charge in [-0.05, 0) is 18.7 Å². The van der Waals surface area contributed by atoms with Gasteiger partial charge < -0.3 is 10.1 Å². The Bertz CT molecular complexity index is 446. The molecule has 96 valence electrons. The highest BCUT2D eigenvalue weighted by Gasteiger charge is 2.17. The number of benzene rings is 1. The highest BCUT2D eigenvalue weighted by Crippen LogP contribution is 2.22. The fraction of sp³-hybridized carbons (Fsp3) is 0.455. The first-order valence-electron chi connectivity index (χ1n) is 5.45. The molecule has 1 aromatic rings. The van der Waals surface area contributed by atoms with Gasteiger partial charge in [0, 0.05) is 13.1 Å². The van der Waals surface area contributed by atoms with E-state index in [1.54, 1.807) is 18.2 Å². The summed E-state index contributed by atoms with van der Waals surface area (Å²) >= 11 is 0. The lowest BCUT2D eigenvalue weighted by atomic mass is 10.3. The van der Waals surface area contributed by atoms with Gasteiger partial charge in [-0.3, -0.25) is 0 Å². The summed E-state index contributed by atoms with van der Waals surface area (Å²) in [6.07, 6.45) is 0. The van der Waals surface area contributed by atoms with E-state index in [0.717, 1.165) is 6.54 Å². The highest BCUT2D eigenvalue weighted by molar-refractivity contribution is 7.89. The van der Waals surface area contributed by atoms with Crippen molar-refractivity contribution < 1.29 is 13.2 Å². The minimum Gasteiger partial charge on any atom is -0.495 e. The molecule has 0 aliphatic carbocycles. The number of hydrogen-bond acceptors (Lipinski definition) is 4. The van der Waals surface area contributed by atoms with Gasteiger partial charge in [0.2, 0.25) is 10.0 Å². The van der Waals surface area contributed by atoms with E-state index >= 15 is 0 Å². The van der Waals surface area contributed by atoms with Gasteiger partial charge in [0.25, 0.3) is 0 Å². The smallest absolute Gasteiger partial charge is 0.244 e. The Labute approximate surface area is 102 Å². The fourth-order valence-electron chi connectivity index (χ4n) is 1.37. The lowest BCUT2D eigenvalue weighted by molar-refractivity contribution is 0.402. The van der Waals surface area contributed by atoms with E-state index in [0.29, 0.717) is 18.8 Å². The van der Waals surface area contributed by atoms with Crippen LogP contribution in [0, 0.1) is 0 Å². The first-order chi connectivity index (χ1) is 8.11. The summed E-state index contributed by atoms with van der Waals surface area (Å²) in [5, 5.41) is 3.04. The highest BCUT2D eigenvalue weighted by atomic mass is 32.2. The van der Waals surface area contributed by atoms with Crippen LogP contribution in [-0.4, -0.2) is 35.2 Å². The molecule has 0 saturated heterocycles. The largest absolute Gasteiger partial charge is 0.495 e. The summed E-state index contributed by atoms with van der Waals surface area (Å²) in [4.78, 5) is 0.166. The predicted octanol–water partition coefficient (Wildman–Crippen LogP) is 0.583. The SMILES string of the molecule is CCNCCNS(=O)(=O)c1ccccc1OC. The predicted molar refractivity (Wildman–Crippen MR) is 66.7 cm³/mol. The van der Waals surface area contributed by atoms with Crippen LogP contribution in [-0.2, 0) is 10.0 Å². The zero-order chi connectivity index (χ0) is 12.7. The van der Waals surface area contributed by atoms with Gasteiger partial charge in [-0.2, -0.15) is 0 Å². The number of sulfonamides is 1. The Morgan fingerprint density at radius 1 is 1.24 bits per heavy atom. The molecule has 0 aromatic heterocycles. The average Bonchev–Trinajstić information content (AvgIpc) is 2.34. The molecule has 0 atom stereocenters. The maximum absolute atomic E-state index is 12.0. The van der Waals surface area contributed by atoms with Gasteiger partial charge >= 0.3 is 0 Å². The molecule has 0 unspecified atom stereocenters. The van der Waals surface area contributed by atoms with Crippen LogP contribution >= 0.6 is 0 Å². The molecule has 0 radical (unpaired) electrons. The molecule has 0 aliphatic heterocycles. The van der Waals surface area contributed by atoms with Crippen LogP contribution in [0.25, 0.3) is 0 Å². The van der Waals surface area contributed by atoms with Gasteiger partial charge in [0.1, 0.15) is 10.6 Å². The molecule has 0 heterocycles. The molecule has 0 bridgehead atoms. The van der Waals surface area contributed by atoms with Crippen LogP contribution in [0.1, 0.15) is 6.92 Å². The zero-order valence-electron chi connectivity index (χ0n) is 10.1. The van der Waals surface area contributed by atoms with Crippen LogP contribution in [0.2, 0.25) is 0 Å². The van der Waals surface area contributed by atoms with Gasteiger partial charge in [-0.1, -0.05) is 19.1 Å². The third-order valence-corrected chi connectivity index (χ3v) is 3.70. The van der Waals surface area contributed by atoms with Crippen molar-refractivity contribution in [3.05, 3.63) is 24.3 Å². The first-order valence-corrected chi connectivity index (χ1v) is 6.93. The van der Waals surface area contributed by atoms with E-state index in [9.17, 15) is 8.42 Å². The first kappa shape index (κ1) is 14.0. The zero-order valence-corrected chi connectivity index (χ0v) is 10.9. The second kappa shape index (κ2) is 6.58. The molecule has 1 aromatic carbocycles. The molecule has 1 rings (SSSR count). The maximum atomic E-state index is 12.0. The van der Waals surface area contributed by atoms with Crippen molar-refractivity contribution in [2.75, 3.05) is 26.7 Å². The molecular weight excluding hydrogens is 240 g/mol. The number of ether oxygens (including phenoxy) is 1. The third-order valence-electron chi connectivity index (χ3n) is 2.20.